The van der Waals surface area contributed by atoms with Gasteiger partial charge in [0.2, 0.25) is 11.8 Å². The van der Waals surface area contributed by atoms with E-state index in [0.717, 1.165) is 17.7 Å². The minimum atomic E-state index is -0.294. The molecule has 2 amide bonds. The molecule has 0 aliphatic carbocycles. The van der Waals surface area contributed by atoms with Gasteiger partial charge in [0.25, 0.3) is 0 Å². The van der Waals surface area contributed by atoms with Gasteiger partial charge in [0.15, 0.2) is 0 Å². The number of hydrogen-bond acceptors (Lipinski definition) is 3. The minimum absolute atomic E-state index is 0.0488. The second-order valence-corrected chi connectivity index (χ2v) is 6.90. The molecule has 0 radical (unpaired) electrons. The van der Waals surface area contributed by atoms with E-state index in [-0.39, 0.29) is 24.3 Å². The Balaban J connectivity index is 1.72. The molecular formula is C20H24N2O2S. The van der Waals surface area contributed by atoms with Gasteiger partial charge < -0.3 is 10.6 Å². The second-order valence-electron chi connectivity index (χ2n) is 5.73. The third-order valence-corrected chi connectivity index (χ3v) is 4.72. The molecule has 0 aliphatic heterocycles. The first-order valence-corrected chi connectivity index (χ1v) is 9.40. The van der Waals surface area contributed by atoms with Gasteiger partial charge in [-0.05, 0) is 29.9 Å². The van der Waals surface area contributed by atoms with Gasteiger partial charge in [-0.2, -0.15) is 0 Å². The lowest BCUT2D eigenvalue weighted by molar-refractivity contribution is -0.122. The summed E-state index contributed by atoms with van der Waals surface area (Å²) in [5, 5.41) is 5.79. The van der Waals surface area contributed by atoms with Crippen molar-refractivity contribution in [3.8, 4) is 0 Å². The first-order valence-electron chi connectivity index (χ1n) is 8.42. The summed E-state index contributed by atoms with van der Waals surface area (Å²) in [4.78, 5) is 24.8. The Morgan fingerprint density at radius 3 is 2.28 bits per heavy atom. The summed E-state index contributed by atoms with van der Waals surface area (Å²) >= 11 is 1.78. The maximum atomic E-state index is 12.2. The zero-order valence-electron chi connectivity index (χ0n) is 14.4. The van der Waals surface area contributed by atoms with Crippen LogP contribution in [0.25, 0.3) is 0 Å². The molecule has 0 aromatic heterocycles. The van der Waals surface area contributed by atoms with Crippen molar-refractivity contribution >= 4 is 23.6 Å². The second kappa shape index (κ2) is 10.6. The predicted molar refractivity (Wildman–Crippen MR) is 102 cm³/mol. The van der Waals surface area contributed by atoms with Crippen LogP contribution in [0.15, 0.2) is 65.6 Å². The van der Waals surface area contributed by atoms with Crippen LogP contribution in [0, 0.1) is 0 Å². The van der Waals surface area contributed by atoms with Crippen molar-refractivity contribution in [2.24, 2.45) is 0 Å². The maximum absolute atomic E-state index is 12.2. The Labute approximate surface area is 153 Å². The van der Waals surface area contributed by atoms with Crippen molar-refractivity contribution in [2.75, 3.05) is 12.3 Å². The van der Waals surface area contributed by atoms with Gasteiger partial charge >= 0.3 is 0 Å². The first kappa shape index (κ1) is 19.1. The molecule has 0 saturated heterocycles. The molecule has 0 saturated carbocycles. The van der Waals surface area contributed by atoms with Crippen LogP contribution in [0.2, 0.25) is 0 Å². The normalized spacial score (nSPS) is 11.6. The van der Waals surface area contributed by atoms with Crippen LogP contribution in [-0.4, -0.2) is 24.1 Å². The van der Waals surface area contributed by atoms with Gasteiger partial charge in [0.1, 0.15) is 0 Å². The maximum Gasteiger partial charge on any atom is 0.222 e. The van der Waals surface area contributed by atoms with Crippen LogP contribution in [0.3, 0.4) is 0 Å². The lowest BCUT2D eigenvalue weighted by Crippen LogP contribution is -2.33. The number of carbonyl (C=O) groups is 2. The highest BCUT2D eigenvalue weighted by atomic mass is 32.2. The fraction of sp³-hybridized carbons (Fsp3) is 0.300. The highest BCUT2D eigenvalue weighted by molar-refractivity contribution is 7.99. The Morgan fingerprint density at radius 2 is 1.64 bits per heavy atom. The molecule has 2 aromatic carbocycles. The molecule has 0 bridgehead atoms. The van der Waals surface area contributed by atoms with E-state index < -0.39 is 0 Å². The van der Waals surface area contributed by atoms with E-state index in [0.29, 0.717) is 6.54 Å². The summed E-state index contributed by atoms with van der Waals surface area (Å²) in [6.45, 7) is 2.11. The summed E-state index contributed by atoms with van der Waals surface area (Å²) < 4.78 is 0. The molecule has 0 aliphatic rings. The van der Waals surface area contributed by atoms with Crippen molar-refractivity contribution < 1.29 is 9.59 Å². The zero-order chi connectivity index (χ0) is 17.9. The van der Waals surface area contributed by atoms with Gasteiger partial charge in [-0.3, -0.25) is 9.59 Å². The number of thioether (sulfide) groups is 1. The lowest BCUT2D eigenvalue weighted by atomic mass is 10.0. The standard InChI is InChI=1S/C20H24N2O2S/c1-16(23)22-19(17-9-4-2-5-10-17)15-20(24)21-13-8-14-25-18-11-6-3-7-12-18/h2-7,9-12,19H,8,13-15H2,1H3,(H,21,24)(H,22,23)/t19-/m1/s1. The smallest absolute Gasteiger partial charge is 0.222 e. The van der Waals surface area contributed by atoms with Gasteiger partial charge in [-0.15, -0.1) is 11.8 Å². The van der Waals surface area contributed by atoms with Crippen LogP contribution in [-0.2, 0) is 9.59 Å². The number of hydrogen-bond donors (Lipinski definition) is 2. The molecule has 0 fully saturated rings. The summed E-state index contributed by atoms with van der Waals surface area (Å²) in [6.07, 6.45) is 1.15. The van der Waals surface area contributed by atoms with E-state index in [1.165, 1.54) is 11.8 Å². The molecule has 4 nitrogen and oxygen atoms in total. The van der Waals surface area contributed by atoms with Crippen LogP contribution in [0.5, 0.6) is 0 Å². The average molecular weight is 356 g/mol. The lowest BCUT2D eigenvalue weighted by Gasteiger charge is -2.18. The Morgan fingerprint density at radius 1 is 1.00 bits per heavy atom. The monoisotopic (exact) mass is 356 g/mol. The number of rotatable bonds is 9. The highest BCUT2D eigenvalue weighted by Crippen LogP contribution is 2.18. The minimum Gasteiger partial charge on any atom is -0.356 e. The van der Waals surface area contributed by atoms with Gasteiger partial charge in [-0.25, -0.2) is 0 Å². The molecule has 132 valence electrons. The highest BCUT2D eigenvalue weighted by Gasteiger charge is 2.16. The predicted octanol–water partition coefficient (Wildman–Crippen LogP) is 3.55. The molecular weight excluding hydrogens is 332 g/mol. The third kappa shape index (κ3) is 7.44. The van der Waals surface area contributed by atoms with Crippen LogP contribution in [0.4, 0.5) is 0 Å². The fourth-order valence-electron chi connectivity index (χ4n) is 2.45. The quantitative estimate of drug-likeness (QED) is 0.534. The Kier molecular flexibility index (Phi) is 8.05. The molecule has 1 atom stereocenters. The van der Waals surface area contributed by atoms with Crippen molar-refractivity contribution in [1.82, 2.24) is 10.6 Å². The van der Waals surface area contributed by atoms with Gasteiger partial charge in [-0.1, -0.05) is 48.5 Å². The first-order chi connectivity index (χ1) is 12.1. The molecule has 0 heterocycles. The van der Waals surface area contributed by atoms with Crippen LogP contribution < -0.4 is 10.6 Å². The molecule has 0 spiro atoms. The summed E-state index contributed by atoms with van der Waals surface area (Å²) in [5.74, 6) is 0.770. The molecule has 0 unspecified atom stereocenters. The van der Waals surface area contributed by atoms with Crippen molar-refractivity contribution in [3.63, 3.8) is 0 Å². The van der Waals surface area contributed by atoms with Crippen LogP contribution >= 0.6 is 11.8 Å². The zero-order valence-corrected chi connectivity index (χ0v) is 15.2. The van der Waals surface area contributed by atoms with E-state index in [4.69, 9.17) is 0 Å². The SMILES string of the molecule is CC(=O)N[C@H](CC(=O)NCCCSc1ccccc1)c1ccccc1. The van der Waals surface area contributed by atoms with E-state index >= 15 is 0 Å². The van der Waals surface area contributed by atoms with Crippen molar-refractivity contribution in [2.45, 2.75) is 30.7 Å². The number of carbonyl (C=O) groups excluding carboxylic acids is 2. The van der Waals surface area contributed by atoms with E-state index in [1.54, 1.807) is 11.8 Å². The van der Waals surface area contributed by atoms with Crippen molar-refractivity contribution in [1.29, 1.82) is 0 Å². The molecule has 2 aromatic rings. The Bertz CT molecular complexity index is 662. The fourth-order valence-corrected chi connectivity index (χ4v) is 3.32. The van der Waals surface area contributed by atoms with Gasteiger partial charge in [0, 0.05) is 18.4 Å². The number of benzene rings is 2. The van der Waals surface area contributed by atoms with E-state index in [9.17, 15) is 9.59 Å². The molecule has 2 rings (SSSR count). The number of amides is 2. The molecule has 25 heavy (non-hydrogen) atoms. The van der Waals surface area contributed by atoms with Crippen LogP contribution in [0.1, 0.15) is 31.4 Å². The summed E-state index contributed by atoms with van der Waals surface area (Å²) in [7, 11) is 0. The molecule has 2 N–H and O–H groups in total. The summed E-state index contributed by atoms with van der Waals surface area (Å²) in [6, 6.07) is 19.5. The third-order valence-electron chi connectivity index (χ3n) is 3.62. The van der Waals surface area contributed by atoms with Crippen molar-refractivity contribution in [3.05, 3.63) is 66.2 Å². The van der Waals surface area contributed by atoms with E-state index in [1.807, 2.05) is 48.5 Å². The molecule has 5 heteroatoms. The topological polar surface area (TPSA) is 58.2 Å². The Hall–Kier alpha value is -2.27. The number of nitrogens with one attached hydrogen (secondary N) is 2. The average Bonchev–Trinajstić information content (AvgIpc) is 2.62. The summed E-state index contributed by atoms with van der Waals surface area (Å²) in [5.41, 5.74) is 0.937. The largest absolute Gasteiger partial charge is 0.356 e. The van der Waals surface area contributed by atoms with Gasteiger partial charge in [0.05, 0.1) is 12.5 Å². The van der Waals surface area contributed by atoms with E-state index in [2.05, 4.69) is 22.8 Å².